The summed E-state index contributed by atoms with van der Waals surface area (Å²) in [6.07, 6.45) is 2.62. The van der Waals surface area contributed by atoms with Gasteiger partial charge < -0.3 is 0 Å². The van der Waals surface area contributed by atoms with Crippen LogP contribution in [0.2, 0.25) is 0 Å². The lowest BCUT2D eigenvalue weighted by molar-refractivity contribution is 0.120. The lowest BCUT2D eigenvalue weighted by Gasteiger charge is -2.39. The summed E-state index contributed by atoms with van der Waals surface area (Å²) in [5, 5.41) is 0. The Bertz CT molecular complexity index is 434. The van der Waals surface area contributed by atoms with Gasteiger partial charge in [0.25, 0.3) is 0 Å². The molecule has 0 bridgehead atoms. The van der Waals surface area contributed by atoms with Gasteiger partial charge in [-0.15, -0.1) is 0 Å². The van der Waals surface area contributed by atoms with E-state index in [1.54, 1.807) is 5.56 Å². The predicted octanol–water partition coefficient (Wildman–Crippen LogP) is 4.92. The highest BCUT2D eigenvalue weighted by Gasteiger charge is 2.35. The maximum absolute atomic E-state index is 2.68. The summed E-state index contributed by atoms with van der Waals surface area (Å²) < 4.78 is 0. The third-order valence-electron chi connectivity index (χ3n) is 4.24. The van der Waals surface area contributed by atoms with Gasteiger partial charge in [-0.25, -0.2) is 0 Å². The molecule has 1 aliphatic rings. The van der Waals surface area contributed by atoms with E-state index in [9.17, 15) is 0 Å². The van der Waals surface area contributed by atoms with Gasteiger partial charge in [0.05, 0.1) is 0 Å². The average Bonchev–Trinajstić information content (AvgIpc) is 2.76. The van der Waals surface area contributed by atoms with Crippen molar-refractivity contribution in [1.82, 2.24) is 4.90 Å². The largest absolute Gasteiger partial charge is 0.291 e. The molecule has 1 atom stereocenters. The minimum absolute atomic E-state index is 0.225. The molecule has 1 nitrogen and oxygen atoms in total. The second kappa shape index (κ2) is 4.94. The molecule has 0 radical (unpaired) electrons. The summed E-state index contributed by atoms with van der Waals surface area (Å²) in [5.74, 6) is 0. The molecule has 0 N–H and O–H groups in total. The monoisotopic (exact) mass is 259 g/mol. The molecule has 0 aromatic heterocycles. The van der Waals surface area contributed by atoms with Gasteiger partial charge in [0.1, 0.15) is 0 Å². The van der Waals surface area contributed by atoms with Crippen LogP contribution in [-0.2, 0) is 5.41 Å². The molecule has 19 heavy (non-hydrogen) atoms. The van der Waals surface area contributed by atoms with Crippen LogP contribution in [0.15, 0.2) is 24.3 Å². The first-order chi connectivity index (χ1) is 8.71. The van der Waals surface area contributed by atoms with Gasteiger partial charge in [0.15, 0.2) is 0 Å². The third-order valence-corrected chi connectivity index (χ3v) is 4.24. The van der Waals surface area contributed by atoms with Gasteiger partial charge in [-0.2, -0.15) is 0 Å². The van der Waals surface area contributed by atoms with E-state index in [2.05, 4.69) is 70.7 Å². The van der Waals surface area contributed by atoms with E-state index < -0.39 is 0 Å². The second-order valence-electron chi connectivity index (χ2n) is 7.86. The molecule has 1 heterocycles. The van der Waals surface area contributed by atoms with Crippen molar-refractivity contribution in [3.8, 4) is 0 Å². The summed E-state index contributed by atoms with van der Waals surface area (Å²) in [7, 11) is 0. The first-order valence-electron chi connectivity index (χ1n) is 7.57. The van der Waals surface area contributed by atoms with Crippen molar-refractivity contribution in [2.45, 2.75) is 71.4 Å². The Kier molecular flexibility index (Phi) is 3.79. The van der Waals surface area contributed by atoms with E-state index in [0.29, 0.717) is 6.04 Å². The molecule has 1 fully saturated rings. The fourth-order valence-electron chi connectivity index (χ4n) is 3.36. The maximum Gasteiger partial charge on any atom is 0.0356 e. The van der Waals surface area contributed by atoms with Gasteiger partial charge in [-0.1, -0.05) is 45.0 Å². The van der Waals surface area contributed by atoms with E-state index in [0.717, 1.165) is 0 Å². The molecule has 0 amide bonds. The molecular formula is C18H29N. The highest BCUT2D eigenvalue weighted by Crippen LogP contribution is 2.41. The van der Waals surface area contributed by atoms with Crippen LogP contribution >= 0.6 is 0 Å². The van der Waals surface area contributed by atoms with E-state index in [-0.39, 0.29) is 11.0 Å². The van der Waals surface area contributed by atoms with Gasteiger partial charge in [0.2, 0.25) is 0 Å². The molecule has 1 aliphatic heterocycles. The predicted molar refractivity (Wildman–Crippen MR) is 83.6 cm³/mol. The smallest absolute Gasteiger partial charge is 0.0356 e. The van der Waals surface area contributed by atoms with Crippen LogP contribution in [0.3, 0.4) is 0 Å². The van der Waals surface area contributed by atoms with Crippen LogP contribution in [0.4, 0.5) is 0 Å². The van der Waals surface area contributed by atoms with Crippen LogP contribution in [0.1, 0.15) is 71.6 Å². The quantitative estimate of drug-likeness (QED) is 0.692. The van der Waals surface area contributed by atoms with E-state index in [1.807, 2.05) is 0 Å². The molecule has 0 spiro atoms. The minimum Gasteiger partial charge on any atom is -0.291 e. The molecule has 1 aromatic carbocycles. The SMILES string of the molecule is CC(C)(C)c1ccccc1C1CCCN1C(C)(C)C. The van der Waals surface area contributed by atoms with E-state index >= 15 is 0 Å². The van der Waals surface area contributed by atoms with E-state index in [1.165, 1.54) is 24.9 Å². The second-order valence-corrected chi connectivity index (χ2v) is 7.86. The van der Waals surface area contributed by atoms with Gasteiger partial charge in [-0.05, 0) is 56.7 Å². The normalized spacial score (nSPS) is 21.9. The Balaban J connectivity index is 2.42. The molecular weight excluding hydrogens is 230 g/mol. The number of likely N-dealkylation sites (tertiary alicyclic amines) is 1. The van der Waals surface area contributed by atoms with Crippen molar-refractivity contribution in [1.29, 1.82) is 0 Å². The Morgan fingerprint density at radius 1 is 1.00 bits per heavy atom. The standard InChI is InChI=1S/C18H29N/c1-17(2,3)15-11-8-7-10-14(15)16-12-9-13-19(16)18(4,5)6/h7-8,10-11,16H,9,12-13H2,1-6H3. The van der Waals surface area contributed by atoms with Crippen molar-refractivity contribution in [3.63, 3.8) is 0 Å². The molecule has 106 valence electrons. The first-order valence-corrected chi connectivity index (χ1v) is 7.57. The number of benzene rings is 1. The summed E-state index contributed by atoms with van der Waals surface area (Å²) in [6, 6.07) is 9.63. The lowest BCUT2D eigenvalue weighted by Crippen LogP contribution is -2.41. The summed E-state index contributed by atoms with van der Waals surface area (Å²) in [5.41, 5.74) is 3.54. The molecule has 1 aromatic rings. The van der Waals surface area contributed by atoms with Crippen LogP contribution in [-0.4, -0.2) is 17.0 Å². The average molecular weight is 259 g/mol. The van der Waals surface area contributed by atoms with Crippen molar-refractivity contribution < 1.29 is 0 Å². The Morgan fingerprint density at radius 2 is 1.63 bits per heavy atom. The van der Waals surface area contributed by atoms with Crippen LogP contribution in [0.5, 0.6) is 0 Å². The highest BCUT2D eigenvalue weighted by atomic mass is 15.2. The van der Waals surface area contributed by atoms with Crippen molar-refractivity contribution >= 4 is 0 Å². The minimum atomic E-state index is 0.225. The molecule has 2 rings (SSSR count). The molecule has 1 unspecified atom stereocenters. The Hall–Kier alpha value is -0.820. The summed E-state index contributed by atoms with van der Waals surface area (Å²) >= 11 is 0. The zero-order valence-electron chi connectivity index (χ0n) is 13.5. The van der Waals surface area contributed by atoms with Crippen molar-refractivity contribution in [3.05, 3.63) is 35.4 Å². The molecule has 0 aliphatic carbocycles. The van der Waals surface area contributed by atoms with E-state index in [4.69, 9.17) is 0 Å². The summed E-state index contributed by atoms with van der Waals surface area (Å²) in [6.45, 7) is 15.2. The number of hydrogen-bond donors (Lipinski definition) is 0. The fraction of sp³-hybridized carbons (Fsp3) is 0.667. The zero-order valence-corrected chi connectivity index (χ0v) is 13.5. The number of nitrogens with zero attached hydrogens (tertiary/aromatic N) is 1. The molecule has 1 saturated heterocycles. The Morgan fingerprint density at radius 3 is 2.21 bits per heavy atom. The van der Waals surface area contributed by atoms with Gasteiger partial charge >= 0.3 is 0 Å². The van der Waals surface area contributed by atoms with Crippen LogP contribution < -0.4 is 0 Å². The maximum atomic E-state index is 2.68. The van der Waals surface area contributed by atoms with Gasteiger partial charge in [0, 0.05) is 11.6 Å². The van der Waals surface area contributed by atoms with Crippen molar-refractivity contribution in [2.24, 2.45) is 0 Å². The van der Waals surface area contributed by atoms with Crippen LogP contribution in [0.25, 0.3) is 0 Å². The topological polar surface area (TPSA) is 3.24 Å². The highest BCUT2D eigenvalue weighted by molar-refractivity contribution is 5.36. The number of rotatable bonds is 1. The van der Waals surface area contributed by atoms with Crippen LogP contribution in [0, 0.1) is 0 Å². The molecule has 1 heteroatoms. The number of hydrogen-bond acceptors (Lipinski definition) is 1. The molecule has 0 saturated carbocycles. The first kappa shape index (κ1) is 14.6. The lowest BCUT2D eigenvalue weighted by atomic mass is 9.81. The van der Waals surface area contributed by atoms with Crippen molar-refractivity contribution in [2.75, 3.05) is 6.54 Å². The zero-order chi connectivity index (χ0) is 14.3. The fourth-order valence-corrected chi connectivity index (χ4v) is 3.36. The summed E-state index contributed by atoms with van der Waals surface area (Å²) in [4.78, 5) is 2.68. The third kappa shape index (κ3) is 3.02. The Labute approximate surface area is 119 Å². The van der Waals surface area contributed by atoms with Gasteiger partial charge in [-0.3, -0.25) is 4.90 Å².